The number of hydrogen-bond acceptors (Lipinski definition) is 10. The summed E-state index contributed by atoms with van der Waals surface area (Å²) >= 11 is 2.37. The molecule has 0 aromatic carbocycles. The van der Waals surface area contributed by atoms with Gasteiger partial charge in [-0.2, -0.15) is 12.7 Å². The lowest BCUT2D eigenvalue weighted by Crippen LogP contribution is -2.71. The van der Waals surface area contributed by atoms with Gasteiger partial charge in [0.1, 0.15) is 24.2 Å². The molecule has 1 aromatic heterocycles. The van der Waals surface area contributed by atoms with Crippen LogP contribution < -0.4 is 11.1 Å². The molecule has 1 aliphatic carbocycles. The number of β-lactam (4-membered cyclic amide) rings is 1. The zero-order valence-electron chi connectivity index (χ0n) is 15.5. The molecule has 14 heteroatoms. The van der Waals surface area contributed by atoms with Crippen molar-refractivity contribution in [3.8, 4) is 0 Å². The molecule has 1 saturated heterocycles. The van der Waals surface area contributed by atoms with Gasteiger partial charge in [-0.05, 0) is 12.8 Å². The van der Waals surface area contributed by atoms with Crippen LogP contribution in [0.2, 0.25) is 0 Å². The van der Waals surface area contributed by atoms with E-state index in [1.807, 2.05) is 0 Å². The number of oxime groups is 1. The Morgan fingerprint density at radius 1 is 1.45 bits per heavy atom. The van der Waals surface area contributed by atoms with Crippen molar-refractivity contribution in [2.45, 2.75) is 48.8 Å². The van der Waals surface area contributed by atoms with Gasteiger partial charge in [0.05, 0.1) is 0 Å². The summed E-state index contributed by atoms with van der Waals surface area (Å²) in [6, 6.07) is -1.13. The summed E-state index contributed by atoms with van der Waals surface area (Å²) < 4.78 is 33.1. The molecule has 0 unspecified atom stereocenters. The number of nitrogens with zero attached hydrogens (tertiary/aromatic N) is 3. The van der Waals surface area contributed by atoms with Crippen LogP contribution in [0.3, 0.4) is 0 Å². The molecule has 2 heterocycles. The lowest BCUT2D eigenvalue weighted by Gasteiger charge is -2.45. The minimum Gasteiger partial charge on any atom is -0.398 e. The summed E-state index contributed by atoms with van der Waals surface area (Å²) in [7, 11) is -3.48. The first-order valence-corrected chi connectivity index (χ1v) is 12.0. The third-order valence-electron chi connectivity index (χ3n) is 4.58. The third-order valence-corrected chi connectivity index (χ3v) is 7.91. The molecule has 2 amide bonds. The minimum absolute atomic E-state index is 0.135. The Hall–Kier alpha value is -1.90. The van der Waals surface area contributed by atoms with Gasteiger partial charge in [0.2, 0.25) is 0 Å². The van der Waals surface area contributed by atoms with Gasteiger partial charge in [-0.25, -0.2) is 4.98 Å². The number of rotatable bonds is 7. The van der Waals surface area contributed by atoms with Gasteiger partial charge in [-0.1, -0.05) is 24.4 Å². The number of amides is 2. The normalized spacial score (nSPS) is 23.6. The maximum absolute atomic E-state index is 12.7. The van der Waals surface area contributed by atoms with Crippen LogP contribution in [-0.4, -0.2) is 63.6 Å². The summed E-state index contributed by atoms with van der Waals surface area (Å²) in [5.74, 6) is -1.68. The fourth-order valence-corrected chi connectivity index (χ4v) is 6.55. The van der Waals surface area contributed by atoms with Crippen LogP contribution in [0.1, 0.15) is 37.8 Å². The smallest absolute Gasteiger partial charge is 0.363 e. The Morgan fingerprint density at radius 2 is 2.14 bits per heavy atom. The largest absolute Gasteiger partial charge is 0.398 e. The van der Waals surface area contributed by atoms with Crippen LogP contribution in [-0.2, 0) is 24.7 Å². The zero-order chi connectivity index (χ0) is 21.2. The highest BCUT2D eigenvalue weighted by atomic mass is 32.2. The Morgan fingerprint density at radius 3 is 2.69 bits per heavy atom. The van der Waals surface area contributed by atoms with Crippen molar-refractivity contribution in [2.24, 2.45) is 5.16 Å². The van der Waals surface area contributed by atoms with E-state index >= 15 is 0 Å². The van der Waals surface area contributed by atoms with Crippen molar-refractivity contribution in [3.63, 3.8) is 0 Å². The Labute approximate surface area is 175 Å². The van der Waals surface area contributed by atoms with Crippen LogP contribution in [0.25, 0.3) is 0 Å². The van der Waals surface area contributed by atoms with Crippen LogP contribution in [0.15, 0.2) is 10.5 Å². The van der Waals surface area contributed by atoms with E-state index in [2.05, 4.69) is 20.3 Å². The number of thioether (sulfide) groups is 1. The number of nitrogens with one attached hydrogen (secondary N) is 1. The van der Waals surface area contributed by atoms with Crippen molar-refractivity contribution >= 4 is 56.1 Å². The first kappa shape index (κ1) is 21.8. The topological polar surface area (TPSA) is 164 Å². The van der Waals surface area contributed by atoms with Crippen molar-refractivity contribution in [2.75, 3.05) is 12.8 Å². The van der Waals surface area contributed by atoms with Crippen molar-refractivity contribution in [3.05, 3.63) is 11.1 Å². The molecule has 2 aliphatic rings. The van der Waals surface area contributed by atoms with E-state index in [0.717, 1.165) is 43.4 Å². The first-order chi connectivity index (χ1) is 13.7. The number of carbonyl (C=O) groups is 2. The molecule has 2 fully saturated rings. The van der Waals surface area contributed by atoms with E-state index in [-0.39, 0.29) is 21.8 Å². The molecular formula is C15H21N5O6S3. The van der Waals surface area contributed by atoms with Crippen molar-refractivity contribution in [1.29, 1.82) is 0 Å². The van der Waals surface area contributed by atoms with Gasteiger partial charge in [0.15, 0.2) is 10.8 Å². The van der Waals surface area contributed by atoms with Gasteiger partial charge >= 0.3 is 10.3 Å². The van der Waals surface area contributed by atoms with E-state index in [4.69, 9.17) is 5.73 Å². The molecule has 0 radical (unpaired) electrons. The second-order valence-electron chi connectivity index (χ2n) is 6.54. The van der Waals surface area contributed by atoms with Crippen LogP contribution in [0.4, 0.5) is 5.13 Å². The predicted octanol–water partition coefficient (Wildman–Crippen LogP) is 0.598. The second kappa shape index (κ2) is 8.85. The lowest BCUT2D eigenvalue weighted by molar-refractivity contribution is -0.141. The SMILES string of the molecule is CON=C(C(=O)N[C@@H]1C(=O)N(S(=O)(=O)O)[C@H]1SC1CCCCC1)c1csc(N)n1. The Balaban J connectivity index is 1.78. The highest BCUT2D eigenvalue weighted by Crippen LogP contribution is 2.39. The Bertz CT molecular complexity index is 911. The van der Waals surface area contributed by atoms with E-state index in [1.54, 1.807) is 0 Å². The molecule has 160 valence electrons. The van der Waals surface area contributed by atoms with E-state index in [1.165, 1.54) is 24.3 Å². The standard InChI is InChI=1S/C15H21N5O6S3/c1-26-19-10(9-7-27-15(16)17-9)12(21)18-11-13(22)20(29(23,24)25)14(11)28-8-5-3-2-4-6-8/h7-8,11,14H,2-6H2,1H3,(H2,16,17)(H,18,21)(H,23,24,25)/t11-,14+/m1/s1. The van der Waals surface area contributed by atoms with E-state index < -0.39 is 33.5 Å². The molecule has 1 saturated carbocycles. The molecule has 2 atom stereocenters. The highest BCUT2D eigenvalue weighted by molar-refractivity contribution is 8.01. The number of nitrogens with two attached hydrogens (primary N) is 1. The fraction of sp³-hybridized carbons (Fsp3) is 0.600. The molecule has 29 heavy (non-hydrogen) atoms. The van der Waals surface area contributed by atoms with Gasteiger partial charge in [-0.3, -0.25) is 14.1 Å². The average molecular weight is 464 g/mol. The second-order valence-corrected chi connectivity index (χ2v) is 10.1. The summed E-state index contributed by atoms with van der Waals surface area (Å²) in [5.41, 5.74) is 5.56. The van der Waals surface area contributed by atoms with Crippen LogP contribution in [0, 0.1) is 0 Å². The molecule has 11 nitrogen and oxygen atoms in total. The van der Waals surface area contributed by atoms with Gasteiger partial charge in [0, 0.05) is 10.6 Å². The van der Waals surface area contributed by atoms with Crippen LogP contribution >= 0.6 is 23.1 Å². The summed E-state index contributed by atoms with van der Waals surface area (Å²) in [6.45, 7) is 0. The van der Waals surface area contributed by atoms with Gasteiger partial charge in [-0.15, -0.1) is 23.1 Å². The van der Waals surface area contributed by atoms with Crippen LogP contribution in [0.5, 0.6) is 0 Å². The fourth-order valence-electron chi connectivity index (χ4n) is 3.25. The molecule has 0 bridgehead atoms. The molecule has 1 aliphatic heterocycles. The zero-order valence-corrected chi connectivity index (χ0v) is 17.9. The number of nitrogen functional groups attached to an aromatic ring is 1. The minimum atomic E-state index is -4.73. The van der Waals surface area contributed by atoms with Gasteiger partial charge in [0.25, 0.3) is 11.8 Å². The first-order valence-electron chi connectivity index (χ1n) is 8.82. The van der Waals surface area contributed by atoms with Crippen molar-refractivity contribution < 1.29 is 27.4 Å². The third kappa shape index (κ3) is 4.82. The number of aromatic nitrogens is 1. The summed E-state index contributed by atoms with van der Waals surface area (Å²) in [5, 5.41) is 7.06. The maximum Gasteiger partial charge on any atom is 0.363 e. The van der Waals surface area contributed by atoms with Gasteiger partial charge < -0.3 is 15.9 Å². The summed E-state index contributed by atoms with van der Waals surface area (Å²) in [6.07, 6.45) is 4.89. The number of thiazole rings is 1. The quantitative estimate of drug-likeness (QED) is 0.227. The highest BCUT2D eigenvalue weighted by Gasteiger charge is 2.55. The molecule has 1 aromatic rings. The summed E-state index contributed by atoms with van der Waals surface area (Å²) in [4.78, 5) is 33.7. The molecule has 4 N–H and O–H groups in total. The van der Waals surface area contributed by atoms with E-state index in [0.29, 0.717) is 4.31 Å². The van der Waals surface area contributed by atoms with E-state index in [9.17, 15) is 22.6 Å². The number of hydrogen-bond donors (Lipinski definition) is 3. The van der Waals surface area contributed by atoms with Crippen molar-refractivity contribution in [1.82, 2.24) is 14.6 Å². The average Bonchev–Trinajstić information content (AvgIpc) is 3.09. The number of carbonyl (C=O) groups excluding carboxylic acids is 2. The lowest BCUT2D eigenvalue weighted by atomic mass is 10.0. The Kier molecular flexibility index (Phi) is 6.65. The maximum atomic E-state index is 12.7. The monoisotopic (exact) mass is 463 g/mol. The predicted molar refractivity (Wildman–Crippen MR) is 109 cm³/mol. The molecule has 0 spiro atoms. The number of anilines is 1. The molecule has 3 rings (SSSR count). The molecular weight excluding hydrogens is 442 g/mol.